The zero-order chi connectivity index (χ0) is 20.1. The van der Waals surface area contributed by atoms with E-state index in [2.05, 4.69) is 10.3 Å². The van der Waals surface area contributed by atoms with E-state index in [0.29, 0.717) is 11.4 Å². The van der Waals surface area contributed by atoms with E-state index < -0.39 is 11.4 Å². The molecule has 1 heterocycles. The van der Waals surface area contributed by atoms with E-state index in [0.717, 1.165) is 29.1 Å². The molecule has 0 bridgehead atoms. The van der Waals surface area contributed by atoms with Crippen molar-refractivity contribution in [1.29, 1.82) is 0 Å². The zero-order valence-electron chi connectivity index (χ0n) is 15.4. The summed E-state index contributed by atoms with van der Waals surface area (Å²) in [5, 5.41) is 12.8. The number of carbonyl (C=O) groups is 1. The third-order valence-electron chi connectivity index (χ3n) is 3.96. The van der Waals surface area contributed by atoms with Gasteiger partial charge in [-0.3, -0.25) is 14.2 Å². The maximum absolute atomic E-state index is 12.4. The zero-order valence-corrected chi connectivity index (χ0v) is 16.2. The smallest absolute Gasteiger partial charge is 0.262 e. The predicted octanol–water partition coefficient (Wildman–Crippen LogP) is 2.99. The Labute approximate surface area is 166 Å². The number of aromatic hydroxyl groups is 1. The number of carbonyl (C=O) groups excluding carboxylic acids is 1. The van der Waals surface area contributed by atoms with Gasteiger partial charge in [0.05, 0.1) is 24.6 Å². The van der Waals surface area contributed by atoms with Gasteiger partial charge in [-0.25, -0.2) is 0 Å². The van der Waals surface area contributed by atoms with E-state index in [1.54, 1.807) is 31.4 Å². The van der Waals surface area contributed by atoms with Crippen molar-refractivity contribution in [3.63, 3.8) is 0 Å². The molecule has 3 aromatic rings. The summed E-state index contributed by atoms with van der Waals surface area (Å²) in [5.41, 5.74) is 1.79. The number of aromatic nitrogens is 2. The van der Waals surface area contributed by atoms with Gasteiger partial charge in [0, 0.05) is 5.69 Å². The van der Waals surface area contributed by atoms with Crippen LogP contribution in [0.25, 0.3) is 5.69 Å². The van der Waals surface area contributed by atoms with Gasteiger partial charge < -0.3 is 15.2 Å². The Morgan fingerprint density at radius 1 is 1.21 bits per heavy atom. The predicted molar refractivity (Wildman–Crippen MR) is 109 cm³/mol. The van der Waals surface area contributed by atoms with Gasteiger partial charge in [0.15, 0.2) is 5.16 Å². The number of para-hydroxylation sites is 1. The van der Waals surface area contributed by atoms with Crippen molar-refractivity contribution in [2.45, 2.75) is 12.1 Å². The Balaban J connectivity index is 1.82. The highest BCUT2D eigenvalue weighted by Gasteiger charge is 2.14. The van der Waals surface area contributed by atoms with Crippen molar-refractivity contribution >= 4 is 23.4 Å². The highest BCUT2D eigenvalue weighted by atomic mass is 32.2. The first-order valence-corrected chi connectivity index (χ1v) is 9.42. The second kappa shape index (κ2) is 8.62. The average Bonchev–Trinajstić information content (AvgIpc) is 2.68. The molecule has 144 valence electrons. The number of hydrogen-bond acceptors (Lipinski definition) is 6. The lowest BCUT2D eigenvalue weighted by molar-refractivity contribution is -0.113. The van der Waals surface area contributed by atoms with Gasteiger partial charge in [0.25, 0.3) is 5.56 Å². The monoisotopic (exact) mass is 397 g/mol. The van der Waals surface area contributed by atoms with Crippen molar-refractivity contribution in [3.8, 4) is 17.3 Å². The third-order valence-corrected chi connectivity index (χ3v) is 4.90. The number of ether oxygens (including phenoxy) is 1. The van der Waals surface area contributed by atoms with Gasteiger partial charge in [-0.15, -0.1) is 0 Å². The number of amides is 1. The molecule has 2 N–H and O–H groups in total. The molecule has 1 amide bonds. The van der Waals surface area contributed by atoms with Crippen molar-refractivity contribution < 1.29 is 14.6 Å². The molecule has 8 heteroatoms. The first-order valence-electron chi connectivity index (χ1n) is 8.43. The number of hydrogen-bond donors (Lipinski definition) is 2. The number of rotatable bonds is 6. The van der Waals surface area contributed by atoms with Crippen LogP contribution in [0, 0.1) is 6.92 Å². The van der Waals surface area contributed by atoms with E-state index >= 15 is 0 Å². The van der Waals surface area contributed by atoms with Crippen LogP contribution in [0.1, 0.15) is 5.56 Å². The van der Waals surface area contributed by atoms with Gasteiger partial charge >= 0.3 is 0 Å². The summed E-state index contributed by atoms with van der Waals surface area (Å²) in [7, 11) is 1.55. The molecule has 1 aromatic heterocycles. The first-order chi connectivity index (χ1) is 13.5. The summed E-state index contributed by atoms with van der Waals surface area (Å²) in [5.74, 6) is 0.0468. The number of methoxy groups -OCH3 is 1. The number of anilines is 1. The molecule has 0 atom stereocenters. The summed E-state index contributed by atoms with van der Waals surface area (Å²) < 4.78 is 6.47. The van der Waals surface area contributed by atoms with Gasteiger partial charge in [-0.1, -0.05) is 30.0 Å². The van der Waals surface area contributed by atoms with Gasteiger partial charge in [0.2, 0.25) is 11.8 Å². The number of nitrogens with zero attached hydrogens (tertiary/aromatic N) is 2. The molecule has 0 unspecified atom stereocenters. The molecule has 0 saturated heterocycles. The number of nitrogens with one attached hydrogen (secondary N) is 1. The standard InChI is InChI=1S/C20H19N3O4S/c1-13-5-3-4-6-16(13)21-18(25)12-28-20-22-17(24)11-19(26)23(20)14-7-9-15(27-2)10-8-14/h3-11,24H,12H2,1-2H3,(H,21,25). The quantitative estimate of drug-likeness (QED) is 0.491. The molecule has 7 nitrogen and oxygen atoms in total. The minimum absolute atomic E-state index is 0.0282. The summed E-state index contributed by atoms with van der Waals surface area (Å²) in [4.78, 5) is 28.7. The van der Waals surface area contributed by atoms with Gasteiger partial charge in [-0.05, 0) is 42.8 Å². The van der Waals surface area contributed by atoms with Crippen molar-refractivity contribution in [2.24, 2.45) is 0 Å². The molecule has 0 radical (unpaired) electrons. The van der Waals surface area contributed by atoms with E-state index in [9.17, 15) is 14.7 Å². The Morgan fingerprint density at radius 3 is 2.61 bits per heavy atom. The lowest BCUT2D eigenvalue weighted by atomic mass is 10.2. The molecular weight excluding hydrogens is 378 g/mol. The molecule has 0 aliphatic carbocycles. The Kier molecular flexibility index (Phi) is 6.00. The number of thioether (sulfide) groups is 1. The lowest BCUT2D eigenvalue weighted by Crippen LogP contribution is -2.21. The molecule has 0 saturated carbocycles. The Morgan fingerprint density at radius 2 is 1.93 bits per heavy atom. The SMILES string of the molecule is COc1ccc(-n2c(SCC(=O)Nc3ccccc3C)nc(O)cc2=O)cc1. The van der Waals surface area contributed by atoms with Gasteiger partial charge in [-0.2, -0.15) is 4.98 Å². The van der Waals surface area contributed by atoms with E-state index in [4.69, 9.17) is 4.74 Å². The topological polar surface area (TPSA) is 93.4 Å². The molecule has 0 spiro atoms. The van der Waals surface area contributed by atoms with Crippen molar-refractivity contribution in [1.82, 2.24) is 9.55 Å². The molecule has 28 heavy (non-hydrogen) atoms. The summed E-state index contributed by atoms with van der Waals surface area (Å²) in [6, 6.07) is 15.3. The largest absolute Gasteiger partial charge is 0.497 e. The minimum atomic E-state index is -0.445. The van der Waals surface area contributed by atoms with Crippen LogP contribution in [0.3, 0.4) is 0 Å². The highest BCUT2D eigenvalue weighted by Crippen LogP contribution is 2.22. The Hall–Kier alpha value is -3.26. The van der Waals surface area contributed by atoms with Crippen LogP contribution in [0.2, 0.25) is 0 Å². The fourth-order valence-electron chi connectivity index (χ4n) is 2.54. The maximum atomic E-state index is 12.4. The molecular formula is C20H19N3O4S. The van der Waals surface area contributed by atoms with E-state index in [-0.39, 0.29) is 16.8 Å². The van der Waals surface area contributed by atoms with Crippen LogP contribution in [-0.4, -0.2) is 33.4 Å². The molecule has 0 fully saturated rings. The fraction of sp³-hybridized carbons (Fsp3) is 0.150. The van der Waals surface area contributed by atoms with Crippen molar-refractivity contribution in [2.75, 3.05) is 18.2 Å². The molecule has 2 aromatic carbocycles. The van der Waals surface area contributed by atoms with Crippen LogP contribution in [0.4, 0.5) is 5.69 Å². The first kappa shape index (κ1) is 19.5. The van der Waals surface area contributed by atoms with Crippen LogP contribution >= 0.6 is 11.8 Å². The summed E-state index contributed by atoms with van der Waals surface area (Å²) >= 11 is 1.06. The van der Waals surface area contributed by atoms with Crippen LogP contribution in [-0.2, 0) is 4.79 Å². The fourth-order valence-corrected chi connectivity index (χ4v) is 3.36. The average molecular weight is 397 g/mol. The van der Waals surface area contributed by atoms with Crippen molar-refractivity contribution in [3.05, 3.63) is 70.5 Å². The van der Waals surface area contributed by atoms with Crippen LogP contribution < -0.4 is 15.6 Å². The summed E-state index contributed by atoms with van der Waals surface area (Å²) in [6.07, 6.45) is 0. The van der Waals surface area contributed by atoms with Crippen LogP contribution in [0.15, 0.2) is 64.5 Å². The lowest BCUT2D eigenvalue weighted by Gasteiger charge is -2.12. The normalized spacial score (nSPS) is 10.5. The maximum Gasteiger partial charge on any atom is 0.262 e. The van der Waals surface area contributed by atoms with E-state index in [1.165, 1.54) is 4.57 Å². The molecule has 3 rings (SSSR count). The van der Waals surface area contributed by atoms with E-state index in [1.807, 2.05) is 31.2 Å². The van der Waals surface area contributed by atoms with Gasteiger partial charge in [0.1, 0.15) is 5.75 Å². The molecule has 0 aliphatic heterocycles. The summed E-state index contributed by atoms with van der Waals surface area (Å²) in [6.45, 7) is 1.90. The second-order valence-electron chi connectivity index (χ2n) is 5.92. The highest BCUT2D eigenvalue weighted by molar-refractivity contribution is 7.99. The number of aryl methyl sites for hydroxylation is 1. The Bertz CT molecular complexity index is 1050. The second-order valence-corrected chi connectivity index (χ2v) is 6.86. The third kappa shape index (κ3) is 4.52. The van der Waals surface area contributed by atoms with Crippen LogP contribution in [0.5, 0.6) is 11.6 Å². The molecule has 0 aliphatic rings. The number of benzene rings is 2. The minimum Gasteiger partial charge on any atom is -0.497 e.